The van der Waals surface area contributed by atoms with Gasteiger partial charge < -0.3 is 10.6 Å². The number of carbonyl (C=O) groups is 2. The van der Waals surface area contributed by atoms with E-state index in [9.17, 15) is 9.59 Å². The van der Waals surface area contributed by atoms with Crippen molar-refractivity contribution in [3.05, 3.63) is 58.6 Å². The van der Waals surface area contributed by atoms with Gasteiger partial charge in [0, 0.05) is 16.8 Å². The molecule has 1 heterocycles. The summed E-state index contributed by atoms with van der Waals surface area (Å²) in [5.74, 6) is 0.194. The Kier molecular flexibility index (Phi) is 5.28. The number of aryl methyl sites for hydroxylation is 1. The number of aromatic nitrogens is 1. The van der Waals surface area contributed by atoms with Crippen molar-refractivity contribution < 1.29 is 9.59 Å². The third-order valence-corrected chi connectivity index (χ3v) is 5.06. The molecule has 5 nitrogen and oxygen atoms in total. The van der Waals surface area contributed by atoms with E-state index in [2.05, 4.69) is 22.2 Å². The van der Waals surface area contributed by atoms with Gasteiger partial charge in [-0.3, -0.25) is 9.59 Å². The van der Waals surface area contributed by atoms with Crippen LogP contribution in [0.4, 0.5) is 5.69 Å². The normalized spacial score (nSPS) is 14.6. The fraction of sp³-hybridized carbons (Fsp3) is 0.316. The molecule has 1 atom stereocenters. The molecular weight excluding hydrogens is 334 g/mol. The number of anilines is 1. The first kappa shape index (κ1) is 17.4. The maximum Gasteiger partial charge on any atom is 0.247 e. The average molecular weight is 355 g/mol. The van der Waals surface area contributed by atoms with Crippen molar-refractivity contribution >= 4 is 28.8 Å². The molecule has 1 saturated carbocycles. The molecule has 1 aromatic heterocycles. The Morgan fingerprint density at radius 2 is 2.24 bits per heavy atom. The number of hydrogen-bond acceptors (Lipinski definition) is 4. The summed E-state index contributed by atoms with van der Waals surface area (Å²) in [6.07, 6.45) is 5.60. The molecule has 0 bridgehead atoms. The number of amides is 2. The zero-order valence-electron chi connectivity index (χ0n) is 14.1. The smallest absolute Gasteiger partial charge is 0.247 e. The third kappa shape index (κ3) is 4.76. The summed E-state index contributed by atoms with van der Waals surface area (Å²) in [7, 11) is 0. The minimum Gasteiger partial charge on any atom is -0.346 e. The maximum absolute atomic E-state index is 12.5. The molecule has 1 fully saturated rings. The molecule has 25 heavy (non-hydrogen) atoms. The predicted octanol–water partition coefficient (Wildman–Crippen LogP) is 3.39. The lowest BCUT2D eigenvalue weighted by Gasteiger charge is -2.16. The fourth-order valence-corrected chi connectivity index (χ4v) is 3.61. The van der Waals surface area contributed by atoms with Crippen LogP contribution in [0.15, 0.2) is 43.1 Å². The molecule has 2 N–H and O–H groups in total. The van der Waals surface area contributed by atoms with Gasteiger partial charge in [0.25, 0.3) is 0 Å². The molecular formula is C19H21N3O2S. The number of hydrogen-bond donors (Lipinski definition) is 2. The molecule has 0 radical (unpaired) electrons. The van der Waals surface area contributed by atoms with Crippen LogP contribution < -0.4 is 10.6 Å². The van der Waals surface area contributed by atoms with E-state index < -0.39 is 0 Å². The van der Waals surface area contributed by atoms with Crippen LogP contribution in [0.25, 0.3) is 0 Å². The molecule has 2 amide bonds. The molecule has 2 aromatic rings. The number of nitrogens with one attached hydrogen (secondary N) is 2. The minimum absolute atomic E-state index is 0.00912. The van der Waals surface area contributed by atoms with Crippen LogP contribution in [-0.4, -0.2) is 16.8 Å². The SMILES string of the molecule is C=CC(=O)Nc1cccc(CC(=O)NC(c2ncc(C)s2)C2CC2)c1. The van der Waals surface area contributed by atoms with E-state index in [1.165, 1.54) is 6.08 Å². The zero-order chi connectivity index (χ0) is 17.8. The lowest BCUT2D eigenvalue weighted by Crippen LogP contribution is -2.31. The molecule has 0 saturated heterocycles. The second kappa shape index (κ2) is 7.61. The minimum atomic E-state index is -0.269. The van der Waals surface area contributed by atoms with Crippen molar-refractivity contribution in [2.24, 2.45) is 5.92 Å². The monoisotopic (exact) mass is 355 g/mol. The van der Waals surface area contributed by atoms with E-state index in [1.54, 1.807) is 23.5 Å². The Morgan fingerprint density at radius 3 is 2.88 bits per heavy atom. The molecule has 3 rings (SSSR count). The molecule has 0 spiro atoms. The van der Waals surface area contributed by atoms with E-state index in [0.717, 1.165) is 28.3 Å². The lowest BCUT2D eigenvalue weighted by atomic mass is 10.1. The Bertz CT molecular complexity index is 795. The fourth-order valence-electron chi connectivity index (χ4n) is 2.69. The van der Waals surface area contributed by atoms with E-state index in [4.69, 9.17) is 0 Å². The first-order valence-electron chi connectivity index (χ1n) is 8.29. The Morgan fingerprint density at radius 1 is 1.44 bits per heavy atom. The zero-order valence-corrected chi connectivity index (χ0v) is 14.9. The van der Waals surface area contributed by atoms with E-state index >= 15 is 0 Å². The maximum atomic E-state index is 12.5. The van der Waals surface area contributed by atoms with Crippen LogP contribution in [0, 0.1) is 12.8 Å². The summed E-state index contributed by atoms with van der Waals surface area (Å²) < 4.78 is 0. The number of nitrogens with zero attached hydrogens (tertiary/aromatic N) is 1. The van der Waals surface area contributed by atoms with Crippen molar-refractivity contribution in [1.82, 2.24) is 10.3 Å². The van der Waals surface area contributed by atoms with E-state index in [-0.39, 0.29) is 24.3 Å². The van der Waals surface area contributed by atoms with Gasteiger partial charge in [0.15, 0.2) is 0 Å². The van der Waals surface area contributed by atoms with Crippen LogP contribution in [-0.2, 0) is 16.0 Å². The highest BCUT2D eigenvalue weighted by Gasteiger charge is 2.35. The van der Waals surface area contributed by atoms with Crippen molar-refractivity contribution in [2.45, 2.75) is 32.2 Å². The summed E-state index contributed by atoms with van der Waals surface area (Å²) in [5.41, 5.74) is 1.51. The highest BCUT2D eigenvalue weighted by molar-refractivity contribution is 7.11. The van der Waals surface area contributed by atoms with Crippen LogP contribution >= 0.6 is 11.3 Å². The van der Waals surface area contributed by atoms with Gasteiger partial charge in [-0.15, -0.1) is 11.3 Å². The molecule has 6 heteroatoms. The van der Waals surface area contributed by atoms with Crippen LogP contribution in [0.2, 0.25) is 0 Å². The highest BCUT2D eigenvalue weighted by Crippen LogP contribution is 2.42. The molecule has 0 aliphatic heterocycles. The van der Waals surface area contributed by atoms with E-state index in [0.29, 0.717) is 11.6 Å². The second-order valence-corrected chi connectivity index (χ2v) is 7.53. The summed E-state index contributed by atoms with van der Waals surface area (Å²) in [4.78, 5) is 29.5. The molecule has 1 unspecified atom stereocenters. The summed E-state index contributed by atoms with van der Waals surface area (Å²) in [5, 5.41) is 6.83. The lowest BCUT2D eigenvalue weighted by molar-refractivity contribution is -0.121. The Hall–Kier alpha value is -2.47. The van der Waals surface area contributed by atoms with Gasteiger partial charge >= 0.3 is 0 Å². The first-order valence-corrected chi connectivity index (χ1v) is 9.11. The number of thiazole rings is 1. The summed E-state index contributed by atoms with van der Waals surface area (Å²) in [6.45, 7) is 5.46. The molecule has 1 aromatic carbocycles. The number of benzene rings is 1. The molecule has 130 valence electrons. The standard InChI is InChI=1S/C19H21N3O2S/c1-3-16(23)21-15-6-4-5-13(9-15)10-17(24)22-18(14-7-8-14)19-20-11-12(2)25-19/h3-6,9,11,14,18H,1,7-8,10H2,2H3,(H,21,23)(H,22,24). The van der Waals surface area contributed by atoms with Crippen LogP contribution in [0.5, 0.6) is 0 Å². The van der Waals surface area contributed by atoms with Crippen molar-refractivity contribution in [1.29, 1.82) is 0 Å². The first-order chi connectivity index (χ1) is 12.0. The highest BCUT2D eigenvalue weighted by atomic mass is 32.1. The summed E-state index contributed by atoms with van der Waals surface area (Å²) >= 11 is 1.64. The average Bonchev–Trinajstić information content (AvgIpc) is 3.34. The second-order valence-electron chi connectivity index (χ2n) is 6.26. The summed E-state index contributed by atoms with van der Waals surface area (Å²) in [6, 6.07) is 7.30. The van der Waals surface area contributed by atoms with Gasteiger partial charge in [0.1, 0.15) is 5.01 Å². The van der Waals surface area contributed by atoms with Crippen molar-refractivity contribution in [3.63, 3.8) is 0 Å². The third-order valence-electron chi connectivity index (χ3n) is 4.06. The van der Waals surface area contributed by atoms with E-state index in [1.807, 2.05) is 25.3 Å². The van der Waals surface area contributed by atoms with Gasteiger partial charge in [-0.2, -0.15) is 0 Å². The van der Waals surface area contributed by atoms with Gasteiger partial charge in [0.2, 0.25) is 11.8 Å². The predicted molar refractivity (Wildman–Crippen MR) is 99.4 cm³/mol. The topological polar surface area (TPSA) is 71.1 Å². The van der Waals surface area contributed by atoms with Gasteiger partial charge in [-0.1, -0.05) is 18.7 Å². The van der Waals surface area contributed by atoms with Gasteiger partial charge in [-0.25, -0.2) is 4.98 Å². The van der Waals surface area contributed by atoms with Crippen LogP contribution in [0.3, 0.4) is 0 Å². The molecule has 1 aliphatic carbocycles. The number of carbonyl (C=O) groups excluding carboxylic acids is 2. The van der Waals surface area contributed by atoms with Crippen LogP contribution in [0.1, 0.15) is 34.3 Å². The Balaban J connectivity index is 1.64. The Labute approximate surface area is 151 Å². The van der Waals surface area contributed by atoms with Crippen molar-refractivity contribution in [3.8, 4) is 0 Å². The van der Waals surface area contributed by atoms with Gasteiger partial charge in [-0.05, 0) is 49.5 Å². The number of rotatable bonds is 7. The largest absolute Gasteiger partial charge is 0.346 e. The van der Waals surface area contributed by atoms with Crippen molar-refractivity contribution in [2.75, 3.05) is 5.32 Å². The quantitative estimate of drug-likeness (QED) is 0.748. The van der Waals surface area contributed by atoms with Gasteiger partial charge in [0.05, 0.1) is 12.5 Å². The molecule has 1 aliphatic rings.